The van der Waals surface area contributed by atoms with Gasteiger partial charge in [-0.2, -0.15) is 0 Å². The molecule has 5 nitrogen and oxygen atoms in total. The van der Waals surface area contributed by atoms with Crippen LogP contribution in [0.3, 0.4) is 0 Å². The van der Waals surface area contributed by atoms with Crippen LogP contribution in [0.15, 0.2) is 18.3 Å². The number of hydrogen-bond acceptors (Lipinski definition) is 4. The number of aromatic nitrogens is 1. The maximum atomic E-state index is 11.8. The summed E-state index contributed by atoms with van der Waals surface area (Å²) in [4.78, 5) is 19.7. The van der Waals surface area contributed by atoms with Crippen molar-refractivity contribution in [2.45, 2.75) is 32.9 Å². The van der Waals surface area contributed by atoms with Crippen LogP contribution in [-0.4, -0.2) is 49.0 Å². The minimum atomic E-state index is 0.0468. The summed E-state index contributed by atoms with van der Waals surface area (Å²) < 4.78 is 0. The van der Waals surface area contributed by atoms with Crippen LogP contribution in [0.5, 0.6) is 0 Å². The summed E-state index contributed by atoms with van der Waals surface area (Å²) in [7, 11) is 5.41. The molecule has 0 aliphatic heterocycles. The average Bonchev–Trinajstić information content (AvgIpc) is 2.35. The molecule has 0 saturated heterocycles. The quantitative estimate of drug-likeness (QED) is 0.886. The molecule has 1 rings (SSSR count). The highest BCUT2D eigenvalue weighted by molar-refractivity contribution is 5.80. The Bertz CT molecular complexity index is 451. The van der Waals surface area contributed by atoms with Gasteiger partial charge in [0.25, 0.3) is 0 Å². The number of carbonyl (C=O) groups is 1. The standard InChI is InChI=1S/C15H26N4O/c1-15(2,3)17-10-12-8-7-9-16-14(12)19(6)11-13(20)18(4)5/h7-9,17H,10-11H2,1-6H3. The second-order valence-corrected chi connectivity index (χ2v) is 6.23. The molecule has 0 unspecified atom stereocenters. The van der Waals surface area contributed by atoms with Gasteiger partial charge >= 0.3 is 0 Å². The van der Waals surface area contributed by atoms with Crippen molar-refractivity contribution in [3.8, 4) is 0 Å². The number of carbonyl (C=O) groups excluding carboxylic acids is 1. The topological polar surface area (TPSA) is 48.5 Å². The molecule has 0 aromatic carbocycles. The smallest absolute Gasteiger partial charge is 0.241 e. The van der Waals surface area contributed by atoms with Gasteiger partial charge in [0.15, 0.2) is 0 Å². The van der Waals surface area contributed by atoms with E-state index in [0.29, 0.717) is 6.54 Å². The Morgan fingerprint density at radius 3 is 2.50 bits per heavy atom. The molecule has 1 aromatic rings. The van der Waals surface area contributed by atoms with E-state index >= 15 is 0 Å². The van der Waals surface area contributed by atoms with E-state index in [1.54, 1.807) is 25.2 Å². The number of rotatable bonds is 5. The third kappa shape index (κ3) is 5.17. The van der Waals surface area contributed by atoms with E-state index in [2.05, 4.69) is 31.1 Å². The van der Waals surface area contributed by atoms with E-state index in [1.165, 1.54) is 0 Å². The fraction of sp³-hybridized carbons (Fsp3) is 0.600. The minimum Gasteiger partial charge on any atom is -0.350 e. The van der Waals surface area contributed by atoms with E-state index in [0.717, 1.165) is 17.9 Å². The Balaban J connectivity index is 2.81. The largest absolute Gasteiger partial charge is 0.350 e. The predicted octanol–water partition coefficient (Wildman–Crippen LogP) is 1.49. The summed E-state index contributed by atoms with van der Waals surface area (Å²) in [5.41, 5.74) is 1.14. The highest BCUT2D eigenvalue weighted by atomic mass is 16.2. The molecule has 1 amide bonds. The molecule has 1 heterocycles. The molecule has 0 fully saturated rings. The van der Waals surface area contributed by atoms with Crippen molar-refractivity contribution in [1.29, 1.82) is 0 Å². The van der Waals surface area contributed by atoms with Crippen LogP contribution in [0, 0.1) is 0 Å². The van der Waals surface area contributed by atoms with Gasteiger partial charge in [0, 0.05) is 45.0 Å². The van der Waals surface area contributed by atoms with Gasteiger partial charge in [-0.15, -0.1) is 0 Å². The monoisotopic (exact) mass is 278 g/mol. The molecule has 5 heteroatoms. The zero-order valence-electron chi connectivity index (χ0n) is 13.4. The maximum absolute atomic E-state index is 11.8. The minimum absolute atomic E-state index is 0.0468. The molecule has 0 bridgehead atoms. The van der Waals surface area contributed by atoms with Crippen LogP contribution in [-0.2, 0) is 11.3 Å². The summed E-state index contributed by atoms with van der Waals surface area (Å²) >= 11 is 0. The third-order valence-corrected chi connectivity index (χ3v) is 2.91. The lowest BCUT2D eigenvalue weighted by molar-refractivity contribution is -0.127. The highest BCUT2D eigenvalue weighted by Crippen LogP contribution is 2.16. The summed E-state index contributed by atoms with van der Waals surface area (Å²) in [5, 5.41) is 3.45. The molecule has 0 atom stereocenters. The molecule has 20 heavy (non-hydrogen) atoms. The van der Waals surface area contributed by atoms with Crippen molar-refractivity contribution in [3.05, 3.63) is 23.9 Å². The lowest BCUT2D eigenvalue weighted by Gasteiger charge is -2.25. The molecule has 1 N–H and O–H groups in total. The van der Waals surface area contributed by atoms with Gasteiger partial charge < -0.3 is 15.1 Å². The number of anilines is 1. The SMILES string of the molecule is CN(C)C(=O)CN(C)c1ncccc1CNC(C)(C)C. The molecular weight excluding hydrogens is 252 g/mol. The number of pyridine rings is 1. The van der Waals surface area contributed by atoms with E-state index in [-0.39, 0.29) is 11.4 Å². The fourth-order valence-corrected chi connectivity index (χ4v) is 1.69. The van der Waals surface area contributed by atoms with Crippen LogP contribution >= 0.6 is 0 Å². The molecule has 1 aromatic heterocycles. The number of likely N-dealkylation sites (N-methyl/N-ethyl adjacent to an activating group) is 2. The molecule has 0 spiro atoms. The average molecular weight is 278 g/mol. The van der Waals surface area contributed by atoms with E-state index < -0.39 is 0 Å². The fourth-order valence-electron chi connectivity index (χ4n) is 1.69. The molecule has 0 aliphatic rings. The number of hydrogen-bond donors (Lipinski definition) is 1. The second-order valence-electron chi connectivity index (χ2n) is 6.23. The second kappa shape index (κ2) is 6.70. The Morgan fingerprint density at radius 2 is 1.95 bits per heavy atom. The van der Waals surface area contributed by atoms with Gasteiger partial charge in [-0.1, -0.05) is 6.07 Å². The lowest BCUT2D eigenvalue weighted by Crippen LogP contribution is -2.37. The van der Waals surface area contributed by atoms with Crippen molar-refractivity contribution in [2.24, 2.45) is 0 Å². The summed E-state index contributed by atoms with van der Waals surface area (Å²) in [6.45, 7) is 7.44. The van der Waals surface area contributed by atoms with Gasteiger partial charge in [0.2, 0.25) is 5.91 Å². The van der Waals surface area contributed by atoms with Gasteiger partial charge in [0.05, 0.1) is 6.54 Å². The van der Waals surface area contributed by atoms with E-state index in [4.69, 9.17) is 0 Å². The highest BCUT2D eigenvalue weighted by Gasteiger charge is 2.15. The number of nitrogens with zero attached hydrogens (tertiary/aromatic N) is 3. The molecular formula is C15H26N4O. The first-order valence-corrected chi connectivity index (χ1v) is 6.81. The van der Waals surface area contributed by atoms with Gasteiger partial charge in [-0.25, -0.2) is 4.98 Å². The van der Waals surface area contributed by atoms with Crippen LogP contribution in [0.25, 0.3) is 0 Å². The van der Waals surface area contributed by atoms with Crippen molar-refractivity contribution < 1.29 is 4.79 Å². The lowest BCUT2D eigenvalue weighted by atomic mass is 10.1. The van der Waals surface area contributed by atoms with Crippen LogP contribution in [0.1, 0.15) is 26.3 Å². The maximum Gasteiger partial charge on any atom is 0.241 e. The van der Waals surface area contributed by atoms with Gasteiger partial charge in [0.1, 0.15) is 5.82 Å². The van der Waals surface area contributed by atoms with Crippen molar-refractivity contribution >= 4 is 11.7 Å². The van der Waals surface area contributed by atoms with Gasteiger partial charge in [-0.05, 0) is 26.8 Å². The third-order valence-electron chi connectivity index (χ3n) is 2.91. The number of nitrogens with one attached hydrogen (secondary N) is 1. The number of amides is 1. The van der Waals surface area contributed by atoms with E-state index in [9.17, 15) is 4.79 Å². The Kier molecular flexibility index (Phi) is 5.51. The zero-order chi connectivity index (χ0) is 15.3. The molecule has 112 valence electrons. The summed E-state index contributed by atoms with van der Waals surface area (Å²) in [6, 6.07) is 3.96. The zero-order valence-corrected chi connectivity index (χ0v) is 13.4. The normalized spacial score (nSPS) is 11.3. The van der Waals surface area contributed by atoms with Gasteiger partial charge in [-0.3, -0.25) is 4.79 Å². The van der Waals surface area contributed by atoms with E-state index in [1.807, 2.05) is 24.1 Å². The van der Waals surface area contributed by atoms with Crippen LogP contribution in [0.4, 0.5) is 5.82 Å². The Hall–Kier alpha value is -1.62. The summed E-state index contributed by atoms with van der Waals surface area (Å²) in [5.74, 6) is 0.910. The molecule has 0 saturated carbocycles. The van der Waals surface area contributed by atoms with Crippen molar-refractivity contribution in [2.75, 3.05) is 32.6 Å². The predicted molar refractivity (Wildman–Crippen MR) is 82.8 cm³/mol. The first-order chi connectivity index (χ1) is 9.20. The Labute approximate surface area is 122 Å². The van der Waals surface area contributed by atoms with Crippen molar-refractivity contribution in [1.82, 2.24) is 15.2 Å². The first-order valence-electron chi connectivity index (χ1n) is 6.81. The van der Waals surface area contributed by atoms with Crippen LogP contribution in [0.2, 0.25) is 0 Å². The molecule has 0 aliphatic carbocycles. The molecule has 0 radical (unpaired) electrons. The first kappa shape index (κ1) is 16.4. The Morgan fingerprint density at radius 1 is 1.30 bits per heavy atom. The van der Waals surface area contributed by atoms with Crippen LogP contribution < -0.4 is 10.2 Å². The van der Waals surface area contributed by atoms with Crippen molar-refractivity contribution in [3.63, 3.8) is 0 Å². The summed E-state index contributed by atoms with van der Waals surface area (Å²) in [6.07, 6.45) is 1.76.